The molecule has 1 aromatic rings. The lowest BCUT2D eigenvalue weighted by Gasteiger charge is -2.25. The number of likely N-dealkylation sites (tertiary alicyclic amines) is 1. The molecule has 0 saturated carbocycles. The molecule has 0 N–H and O–H groups in total. The molecule has 2 heterocycles. The fourth-order valence-corrected chi connectivity index (χ4v) is 2.69. The smallest absolute Gasteiger partial charge is 0.147 e. The van der Waals surface area contributed by atoms with E-state index in [9.17, 15) is 0 Å². The van der Waals surface area contributed by atoms with Gasteiger partial charge in [-0.2, -0.15) is 0 Å². The Bertz CT molecular complexity index is 373. The van der Waals surface area contributed by atoms with Gasteiger partial charge >= 0.3 is 0 Å². The van der Waals surface area contributed by atoms with Gasteiger partial charge in [0.1, 0.15) is 12.2 Å². The van der Waals surface area contributed by atoms with Crippen LogP contribution in [0.4, 0.5) is 0 Å². The van der Waals surface area contributed by atoms with E-state index in [2.05, 4.69) is 52.5 Å². The largest absolute Gasteiger partial charge is 0.314 e. The van der Waals surface area contributed by atoms with Crippen LogP contribution in [0.15, 0.2) is 6.33 Å². The van der Waals surface area contributed by atoms with Gasteiger partial charge in [0.05, 0.1) is 6.54 Å². The molecule has 0 radical (unpaired) electrons. The summed E-state index contributed by atoms with van der Waals surface area (Å²) in [5.41, 5.74) is 0. The number of aromatic nitrogens is 3. The monoisotopic (exact) mass is 251 g/mol. The summed E-state index contributed by atoms with van der Waals surface area (Å²) >= 11 is 0. The molecule has 5 nitrogen and oxygen atoms in total. The van der Waals surface area contributed by atoms with Crippen molar-refractivity contribution in [2.24, 2.45) is 0 Å². The minimum Gasteiger partial charge on any atom is -0.314 e. The van der Waals surface area contributed by atoms with Gasteiger partial charge in [-0.05, 0) is 47.3 Å². The van der Waals surface area contributed by atoms with E-state index in [4.69, 9.17) is 0 Å². The summed E-state index contributed by atoms with van der Waals surface area (Å²) < 4.78 is 2.15. The zero-order valence-corrected chi connectivity index (χ0v) is 12.0. The Morgan fingerprint density at radius 3 is 2.89 bits per heavy atom. The average molecular weight is 251 g/mol. The topological polar surface area (TPSA) is 37.2 Å². The molecule has 18 heavy (non-hydrogen) atoms. The maximum atomic E-state index is 4.23. The van der Waals surface area contributed by atoms with E-state index in [1.54, 1.807) is 0 Å². The molecular formula is C13H25N5. The highest BCUT2D eigenvalue weighted by molar-refractivity contribution is 4.89. The van der Waals surface area contributed by atoms with Crippen molar-refractivity contribution in [1.82, 2.24) is 24.6 Å². The van der Waals surface area contributed by atoms with E-state index in [1.807, 2.05) is 6.33 Å². The minimum atomic E-state index is 0.428. The van der Waals surface area contributed by atoms with Gasteiger partial charge in [-0.15, -0.1) is 10.2 Å². The molecule has 1 aliphatic rings. The maximum Gasteiger partial charge on any atom is 0.147 e. The van der Waals surface area contributed by atoms with Gasteiger partial charge in [0.25, 0.3) is 0 Å². The van der Waals surface area contributed by atoms with Crippen molar-refractivity contribution in [3.63, 3.8) is 0 Å². The predicted octanol–water partition coefficient (Wildman–Crippen LogP) is 1.39. The zero-order chi connectivity index (χ0) is 13.1. The van der Waals surface area contributed by atoms with Crippen molar-refractivity contribution in [2.75, 3.05) is 27.2 Å². The zero-order valence-electron chi connectivity index (χ0n) is 12.0. The van der Waals surface area contributed by atoms with Gasteiger partial charge in [-0.25, -0.2) is 0 Å². The van der Waals surface area contributed by atoms with Crippen molar-refractivity contribution >= 4 is 0 Å². The highest BCUT2D eigenvalue weighted by Gasteiger charge is 2.22. The molecule has 1 aliphatic heterocycles. The first-order valence-electron chi connectivity index (χ1n) is 6.85. The lowest BCUT2D eigenvalue weighted by Crippen LogP contribution is -2.36. The Balaban J connectivity index is 1.90. The molecule has 0 aliphatic carbocycles. The minimum absolute atomic E-state index is 0.428. The molecule has 0 bridgehead atoms. The van der Waals surface area contributed by atoms with Gasteiger partial charge in [0.2, 0.25) is 0 Å². The first-order chi connectivity index (χ1) is 8.58. The molecule has 0 unspecified atom stereocenters. The Labute approximate surface area is 110 Å². The van der Waals surface area contributed by atoms with Gasteiger partial charge in [0, 0.05) is 18.6 Å². The third kappa shape index (κ3) is 3.09. The van der Waals surface area contributed by atoms with Crippen molar-refractivity contribution in [3.05, 3.63) is 12.2 Å². The third-order valence-electron chi connectivity index (χ3n) is 3.81. The van der Waals surface area contributed by atoms with Gasteiger partial charge in [-0.3, -0.25) is 4.90 Å². The summed E-state index contributed by atoms with van der Waals surface area (Å²) in [6.45, 7) is 7.56. The Morgan fingerprint density at radius 1 is 1.50 bits per heavy atom. The first-order valence-corrected chi connectivity index (χ1v) is 6.85. The lowest BCUT2D eigenvalue weighted by atomic mass is 10.2. The highest BCUT2D eigenvalue weighted by Crippen LogP contribution is 2.16. The molecular weight excluding hydrogens is 226 g/mol. The number of nitrogens with zero attached hydrogens (tertiary/aromatic N) is 5. The fraction of sp³-hybridized carbons (Fsp3) is 0.846. The average Bonchev–Trinajstić information content (AvgIpc) is 2.89. The van der Waals surface area contributed by atoms with Crippen LogP contribution in [0.5, 0.6) is 0 Å². The fourth-order valence-electron chi connectivity index (χ4n) is 2.69. The summed E-state index contributed by atoms with van der Waals surface area (Å²) in [6, 6.07) is 1.13. The quantitative estimate of drug-likeness (QED) is 0.792. The Morgan fingerprint density at radius 2 is 2.28 bits per heavy atom. The van der Waals surface area contributed by atoms with Crippen LogP contribution in [0, 0.1) is 0 Å². The van der Waals surface area contributed by atoms with E-state index in [0.29, 0.717) is 12.1 Å². The number of rotatable bonds is 5. The first kappa shape index (κ1) is 13.5. The Kier molecular flexibility index (Phi) is 4.35. The summed E-state index contributed by atoms with van der Waals surface area (Å²) in [4.78, 5) is 4.82. The molecule has 1 fully saturated rings. The van der Waals surface area contributed by atoms with E-state index in [1.165, 1.54) is 19.4 Å². The predicted molar refractivity (Wildman–Crippen MR) is 72.4 cm³/mol. The molecule has 1 atom stereocenters. The molecule has 2 rings (SSSR count). The van der Waals surface area contributed by atoms with E-state index in [0.717, 1.165) is 18.9 Å². The van der Waals surface area contributed by atoms with Crippen LogP contribution < -0.4 is 0 Å². The number of hydrogen-bond acceptors (Lipinski definition) is 4. The highest BCUT2D eigenvalue weighted by atomic mass is 15.3. The van der Waals surface area contributed by atoms with Crippen LogP contribution >= 0.6 is 0 Å². The second-order valence-corrected chi connectivity index (χ2v) is 5.72. The molecule has 1 aromatic heterocycles. The summed E-state index contributed by atoms with van der Waals surface area (Å²) in [6.07, 6.45) is 4.48. The van der Waals surface area contributed by atoms with E-state index < -0.39 is 0 Å². The van der Waals surface area contributed by atoms with Crippen molar-refractivity contribution < 1.29 is 0 Å². The van der Waals surface area contributed by atoms with Crippen LogP contribution in [0.2, 0.25) is 0 Å². The van der Waals surface area contributed by atoms with Gasteiger partial charge < -0.3 is 9.47 Å². The SMILES string of the molecule is CC(C)n1cnnc1CN(C)C[C@H]1CCCN1C. The van der Waals surface area contributed by atoms with Crippen molar-refractivity contribution in [3.8, 4) is 0 Å². The standard InChI is InChI=1S/C13H25N5/c1-11(2)18-10-14-15-13(18)9-16(3)8-12-6-5-7-17(12)4/h10-12H,5-9H2,1-4H3/t12-/m1/s1. The molecule has 102 valence electrons. The summed E-state index contributed by atoms with van der Waals surface area (Å²) in [7, 11) is 4.40. The van der Waals surface area contributed by atoms with Crippen molar-refractivity contribution in [2.45, 2.75) is 45.3 Å². The van der Waals surface area contributed by atoms with Crippen LogP contribution in [0.3, 0.4) is 0 Å². The molecule has 5 heteroatoms. The molecule has 0 aromatic carbocycles. The second-order valence-electron chi connectivity index (χ2n) is 5.72. The van der Waals surface area contributed by atoms with Crippen LogP contribution in [-0.4, -0.2) is 57.8 Å². The third-order valence-corrected chi connectivity index (χ3v) is 3.81. The summed E-state index contributed by atoms with van der Waals surface area (Å²) in [5.74, 6) is 1.06. The Hall–Kier alpha value is -0.940. The summed E-state index contributed by atoms with van der Waals surface area (Å²) in [5, 5.41) is 8.25. The van der Waals surface area contributed by atoms with Crippen LogP contribution in [-0.2, 0) is 6.54 Å². The van der Waals surface area contributed by atoms with E-state index in [-0.39, 0.29) is 0 Å². The second kappa shape index (κ2) is 5.80. The lowest BCUT2D eigenvalue weighted by molar-refractivity contribution is 0.210. The molecule has 0 amide bonds. The maximum absolute atomic E-state index is 4.23. The van der Waals surface area contributed by atoms with Crippen molar-refractivity contribution in [1.29, 1.82) is 0 Å². The van der Waals surface area contributed by atoms with E-state index >= 15 is 0 Å². The molecule has 1 saturated heterocycles. The van der Waals surface area contributed by atoms with Gasteiger partial charge in [0.15, 0.2) is 0 Å². The van der Waals surface area contributed by atoms with Crippen LogP contribution in [0.25, 0.3) is 0 Å². The van der Waals surface area contributed by atoms with Crippen LogP contribution in [0.1, 0.15) is 38.6 Å². The number of likely N-dealkylation sites (N-methyl/N-ethyl adjacent to an activating group) is 2. The van der Waals surface area contributed by atoms with Gasteiger partial charge in [-0.1, -0.05) is 0 Å². The molecule has 0 spiro atoms. The normalized spacial score (nSPS) is 21.3. The number of hydrogen-bond donors (Lipinski definition) is 0.